The van der Waals surface area contributed by atoms with Gasteiger partial charge in [0.2, 0.25) is 11.8 Å². The number of likely N-dealkylation sites (N-methyl/N-ethyl adjacent to an activating group) is 1. The van der Waals surface area contributed by atoms with Gasteiger partial charge in [-0.05, 0) is 42.7 Å². The normalized spacial score (nSPS) is 11.8. The number of pyridine rings is 2. The van der Waals surface area contributed by atoms with Crippen molar-refractivity contribution in [2.75, 3.05) is 19.4 Å². The second kappa shape index (κ2) is 13.9. The largest absolute Gasteiger partial charge is 0.483 e. The van der Waals surface area contributed by atoms with Crippen LogP contribution in [0.4, 0.5) is 14.9 Å². The number of carboxylic acid groups (broad SMARTS) is 1. The van der Waals surface area contributed by atoms with Crippen LogP contribution in [0.15, 0.2) is 77.9 Å². The first-order valence-corrected chi connectivity index (χ1v) is 13.3. The van der Waals surface area contributed by atoms with Crippen LogP contribution < -0.4 is 20.9 Å². The zero-order chi connectivity index (χ0) is 30.9. The summed E-state index contributed by atoms with van der Waals surface area (Å²) in [6, 6.07) is 12.8. The minimum absolute atomic E-state index is 0.00589. The number of nitrogens with one attached hydrogen (secondary N) is 3. The number of benzene rings is 1. The molecule has 3 amide bonds. The van der Waals surface area contributed by atoms with E-state index in [1.807, 2.05) is 30.3 Å². The lowest BCUT2D eigenvalue weighted by Crippen LogP contribution is -2.44. The van der Waals surface area contributed by atoms with Crippen molar-refractivity contribution in [1.82, 2.24) is 24.8 Å². The van der Waals surface area contributed by atoms with Gasteiger partial charge in [-0.25, -0.2) is 9.18 Å². The summed E-state index contributed by atoms with van der Waals surface area (Å²) in [7, 11) is 3.19. The molecule has 1 unspecified atom stereocenters. The number of aromatic amines is 1. The first kappa shape index (κ1) is 30.5. The molecular weight excluding hydrogens is 559 g/mol. The molecule has 4 N–H and O–H groups in total. The second-order valence-electron chi connectivity index (χ2n) is 9.82. The standard InChI is InChI=1S/C30H31FN6O6/c1-36(2)25(38)13-7-6-11-22(35-30(41)42)28(39)34-23-12-8-14-37(29(23)40)17-20-15-24-26(33-20)27(21(31)16-32-24)43-18-19-9-4-3-5-10-19/h3-5,7-10,12-16,22,33,35H,6,11,17-18H2,1-2H3,(H,34,39)(H,41,42)/b13-7+. The number of H-pyrrole nitrogens is 1. The van der Waals surface area contributed by atoms with E-state index >= 15 is 0 Å². The predicted octanol–water partition coefficient (Wildman–Crippen LogP) is 3.49. The number of aromatic nitrogens is 3. The molecular formula is C30H31FN6O6. The van der Waals surface area contributed by atoms with Crippen molar-refractivity contribution in [2.24, 2.45) is 0 Å². The number of fused-ring (bicyclic) bond motifs is 1. The Balaban J connectivity index is 1.48. The highest BCUT2D eigenvalue weighted by Gasteiger charge is 2.21. The van der Waals surface area contributed by atoms with Gasteiger partial charge in [0.25, 0.3) is 5.56 Å². The van der Waals surface area contributed by atoms with Gasteiger partial charge in [-0.2, -0.15) is 0 Å². The minimum Gasteiger partial charge on any atom is -0.483 e. The lowest BCUT2D eigenvalue weighted by Gasteiger charge is -2.16. The Morgan fingerprint density at radius 1 is 1.19 bits per heavy atom. The van der Waals surface area contributed by atoms with Gasteiger partial charge in [0.15, 0.2) is 11.6 Å². The van der Waals surface area contributed by atoms with E-state index in [0.717, 1.165) is 11.8 Å². The van der Waals surface area contributed by atoms with Crippen LogP contribution in [-0.4, -0.2) is 62.6 Å². The van der Waals surface area contributed by atoms with Gasteiger partial charge >= 0.3 is 6.09 Å². The number of allylic oxidation sites excluding steroid dienone is 1. The van der Waals surface area contributed by atoms with Gasteiger partial charge in [0, 0.05) is 26.0 Å². The topological polar surface area (TPSA) is 159 Å². The van der Waals surface area contributed by atoms with Crippen LogP contribution in [0.25, 0.3) is 11.0 Å². The van der Waals surface area contributed by atoms with Crippen LogP contribution in [0.5, 0.6) is 5.75 Å². The van der Waals surface area contributed by atoms with Gasteiger partial charge in [-0.1, -0.05) is 36.4 Å². The number of rotatable bonds is 12. The van der Waals surface area contributed by atoms with Crippen molar-refractivity contribution >= 4 is 34.6 Å². The lowest BCUT2D eigenvalue weighted by atomic mass is 10.1. The number of nitrogens with zero attached hydrogens (tertiary/aromatic N) is 3. The van der Waals surface area contributed by atoms with E-state index in [2.05, 4.69) is 20.6 Å². The van der Waals surface area contributed by atoms with Crippen molar-refractivity contribution in [3.8, 4) is 5.75 Å². The van der Waals surface area contributed by atoms with Crippen LogP contribution in [-0.2, 0) is 22.7 Å². The fourth-order valence-electron chi connectivity index (χ4n) is 4.21. The molecule has 0 saturated heterocycles. The maximum Gasteiger partial charge on any atom is 0.405 e. The van der Waals surface area contributed by atoms with E-state index in [-0.39, 0.29) is 43.3 Å². The molecule has 4 aromatic rings. The summed E-state index contributed by atoms with van der Waals surface area (Å²) in [6.07, 6.45) is 4.35. The molecule has 0 radical (unpaired) electrons. The molecule has 0 aliphatic heterocycles. The quantitative estimate of drug-likeness (QED) is 0.184. The molecule has 1 atom stereocenters. The summed E-state index contributed by atoms with van der Waals surface area (Å²) in [6.45, 7) is 0.189. The Morgan fingerprint density at radius 2 is 1.95 bits per heavy atom. The molecule has 0 saturated carbocycles. The molecule has 224 valence electrons. The first-order valence-electron chi connectivity index (χ1n) is 13.3. The molecule has 0 bridgehead atoms. The summed E-state index contributed by atoms with van der Waals surface area (Å²) in [5.74, 6) is -1.60. The summed E-state index contributed by atoms with van der Waals surface area (Å²) < 4.78 is 21.7. The molecule has 1 aromatic carbocycles. The predicted molar refractivity (Wildman–Crippen MR) is 157 cm³/mol. The number of hydrogen-bond donors (Lipinski definition) is 4. The minimum atomic E-state index is -1.41. The fourth-order valence-corrected chi connectivity index (χ4v) is 4.21. The Kier molecular flexibility index (Phi) is 9.89. The zero-order valence-electron chi connectivity index (χ0n) is 23.5. The number of hydrogen-bond acceptors (Lipinski definition) is 6. The molecule has 12 nitrogen and oxygen atoms in total. The molecule has 43 heavy (non-hydrogen) atoms. The summed E-state index contributed by atoms with van der Waals surface area (Å²) in [4.78, 5) is 57.6. The molecule has 13 heteroatoms. The smallest absolute Gasteiger partial charge is 0.405 e. The van der Waals surface area contributed by atoms with Gasteiger partial charge in [0.05, 0.1) is 18.3 Å². The summed E-state index contributed by atoms with van der Waals surface area (Å²) in [5.41, 5.74) is 1.58. The van der Waals surface area contributed by atoms with Crippen molar-refractivity contribution in [2.45, 2.75) is 32.0 Å². The van der Waals surface area contributed by atoms with Crippen molar-refractivity contribution in [1.29, 1.82) is 0 Å². The number of ether oxygens (including phenoxy) is 1. The van der Waals surface area contributed by atoms with Crippen LogP contribution in [0.3, 0.4) is 0 Å². The average Bonchev–Trinajstić information content (AvgIpc) is 3.39. The highest BCUT2D eigenvalue weighted by atomic mass is 19.1. The Morgan fingerprint density at radius 3 is 2.67 bits per heavy atom. The van der Waals surface area contributed by atoms with Gasteiger partial charge < -0.3 is 34.9 Å². The molecule has 0 aliphatic carbocycles. The third kappa shape index (κ3) is 8.06. The maximum absolute atomic E-state index is 14.6. The Hall–Kier alpha value is -5.46. The fraction of sp³-hybridized carbons (Fsp3) is 0.233. The lowest BCUT2D eigenvalue weighted by molar-refractivity contribution is -0.123. The first-order chi connectivity index (χ1) is 20.6. The number of carbonyl (C=O) groups excluding carboxylic acids is 2. The van der Waals surface area contributed by atoms with Crippen LogP contribution >= 0.6 is 0 Å². The van der Waals surface area contributed by atoms with E-state index in [1.54, 1.807) is 32.3 Å². The average molecular weight is 591 g/mol. The van der Waals surface area contributed by atoms with E-state index in [1.165, 1.54) is 27.8 Å². The van der Waals surface area contributed by atoms with E-state index in [0.29, 0.717) is 16.7 Å². The molecule has 3 heterocycles. The monoisotopic (exact) mass is 590 g/mol. The molecule has 3 aromatic heterocycles. The Labute approximate surface area is 245 Å². The zero-order valence-corrected chi connectivity index (χ0v) is 23.5. The third-order valence-electron chi connectivity index (χ3n) is 6.40. The van der Waals surface area contributed by atoms with Crippen molar-refractivity contribution < 1.29 is 28.6 Å². The summed E-state index contributed by atoms with van der Waals surface area (Å²) in [5, 5.41) is 13.8. The second-order valence-corrected chi connectivity index (χ2v) is 9.82. The number of anilines is 1. The third-order valence-corrected chi connectivity index (χ3v) is 6.40. The van der Waals surface area contributed by atoms with Gasteiger partial charge in [0.1, 0.15) is 23.9 Å². The number of carbonyl (C=O) groups is 3. The van der Waals surface area contributed by atoms with E-state index < -0.39 is 29.4 Å². The van der Waals surface area contributed by atoms with Crippen LogP contribution in [0.1, 0.15) is 24.1 Å². The molecule has 4 rings (SSSR count). The molecule has 0 aliphatic rings. The van der Waals surface area contributed by atoms with E-state index in [4.69, 9.17) is 4.74 Å². The highest BCUT2D eigenvalue weighted by Crippen LogP contribution is 2.28. The SMILES string of the molecule is CN(C)C(=O)/C=C/CCC(NC(=O)O)C(=O)Nc1cccn(Cc2cc3ncc(F)c(OCc4ccccc4)c3[nH]2)c1=O. The van der Waals surface area contributed by atoms with Gasteiger partial charge in [-0.3, -0.25) is 19.4 Å². The number of amides is 3. The number of halogens is 1. The summed E-state index contributed by atoms with van der Waals surface area (Å²) >= 11 is 0. The molecule has 0 fully saturated rings. The van der Waals surface area contributed by atoms with Crippen molar-refractivity contribution in [3.63, 3.8) is 0 Å². The van der Waals surface area contributed by atoms with Gasteiger partial charge in [-0.15, -0.1) is 0 Å². The maximum atomic E-state index is 14.6. The Bertz CT molecular complexity index is 1700. The van der Waals surface area contributed by atoms with Crippen LogP contribution in [0.2, 0.25) is 0 Å². The van der Waals surface area contributed by atoms with Crippen LogP contribution in [0, 0.1) is 5.82 Å². The van der Waals surface area contributed by atoms with E-state index in [9.17, 15) is 28.7 Å². The molecule has 0 spiro atoms. The van der Waals surface area contributed by atoms with Crippen molar-refractivity contribution in [3.05, 3.63) is 101 Å². The highest BCUT2D eigenvalue weighted by molar-refractivity contribution is 5.96.